The highest BCUT2D eigenvalue weighted by Crippen LogP contribution is 2.11. The number of aliphatic carboxylic acids is 1. The monoisotopic (exact) mass is 236 g/mol. The number of rotatable bonds is 5. The van der Waals surface area contributed by atoms with Crippen molar-refractivity contribution >= 4 is 5.97 Å². The molecule has 16 heavy (non-hydrogen) atoms. The van der Waals surface area contributed by atoms with Crippen molar-refractivity contribution in [2.45, 2.75) is 13.8 Å². The van der Waals surface area contributed by atoms with Gasteiger partial charge in [-0.25, -0.2) is 4.79 Å². The van der Waals surface area contributed by atoms with E-state index in [0.29, 0.717) is 0 Å². The van der Waals surface area contributed by atoms with E-state index in [1.165, 1.54) is 6.08 Å². The second-order valence-corrected chi connectivity index (χ2v) is 3.69. The van der Waals surface area contributed by atoms with Crippen LogP contribution >= 0.6 is 0 Å². The molecule has 0 bridgehead atoms. The Morgan fingerprint density at radius 3 is 1.31 bits per heavy atom. The average molecular weight is 236 g/mol. The summed E-state index contributed by atoms with van der Waals surface area (Å²) >= 11 is 0. The number of carboxylic acids is 1. The molecule has 0 aromatic heterocycles. The minimum Gasteiger partial charge on any atom is -0.478 e. The first kappa shape index (κ1) is 17.4. The lowest BCUT2D eigenvalue weighted by Gasteiger charge is -2.23. The molecule has 0 heterocycles. The lowest BCUT2D eigenvalue weighted by molar-refractivity contribution is -0.131. The maximum atomic E-state index is 9.73. The van der Waals surface area contributed by atoms with Crippen molar-refractivity contribution in [1.82, 2.24) is 0 Å². The fourth-order valence-corrected chi connectivity index (χ4v) is 0.547. The van der Waals surface area contributed by atoms with E-state index in [1.807, 2.05) is 0 Å². The Hall–Kier alpha value is -0.950. The molecular weight excluding hydrogens is 216 g/mol. The van der Waals surface area contributed by atoms with E-state index in [1.54, 1.807) is 13.8 Å². The molecule has 0 saturated heterocycles. The van der Waals surface area contributed by atoms with Gasteiger partial charge in [0.25, 0.3) is 0 Å². The lowest BCUT2D eigenvalue weighted by atomic mass is 9.93. The van der Waals surface area contributed by atoms with Crippen molar-refractivity contribution in [3.63, 3.8) is 0 Å². The van der Waals surface area contributed by atoms with Crippen molar-refractivity contribution < 1.29 is 30.3 Å². The van der Waals surface area contributed by atoms with Crippen LogP contribution in [0.5, 0.6) is 0 Å². The second-order valence-electron chi connectivity index (χ2n) is 3.69. The zero-order valence-corrected chi connectivity index (χ0v) is 9.55. The van der Waals surface area contributed by atoms with Crippen LogP contribution in [-0.4, -0.2) is 57.9 Å². The van der Waals surface area contributed by atoms with Crippen LogP contribution in [0.3, 0.4) is 0 Å². The first-order valence-corrected chi connectivity index (χ1v) is 4.68. The minimum absolute atomic E-state index is 0.406. The Labute approximate surface area is 94.5 Å². The summed E-state index contributed by atoms with van der Waals surface area (Å²) in [6.45, 7) is 1.86. The van der Waals surface area contributed by atoms with Gasteiger partial charge in [-0.05, 0) is 13.8 Å². The summed E-state index contributed by atoms with van der Waals surface area (Å²) in [5.41, 5.74) is -0.299. The third-order valence-corrected chi connectivity index (χ3v) is 1.75. The Bertz CT molecular complexity index is 198. The predicted molar refractivity (Wildman–Crippen MR) is 57.8 cm³/mol. The Kier molecular flexibility index (Phi) is 10.1. The molecule has 0 amide bonds. The smallest absolute Gasteiger partial charge is 0.328 e. The number of aliphatic hydroxyl groups is 4. The number of hydrogen-bond acceptors (Lipinski definition) is 5. The number of allylic oxidation sites excluding steroid dienone is 1. The van der Waals surface area contributed by atoms with Crippen molar-refractivity contribution in [3.8, 4) is 0 Å². The molecule has 0 aliphatic rings. The third-order valence-electron chi connectivity index (χ3n) is 1.75. The molecule has 96 valence electrons. The molecular formula is C10H20O6. The molecule has 0 aromatic carbocycles. The quantitative estimate of drug-likeness (QED) is 0.390. The van der Waals surface area contributed by atoms with E-state index in [2.05, 4.69) is 0 Å². The van der Waals surface area contributed by atoms with Gasteiger partial charge in [0, 0.05) is 6.08 Å². The molecule has 6 heteroatoms. The second kappa shape index (κ2) is 9.29. The zero-order chi connectivity index (χ0) is 13.2. The fourth-order valence-electron chi connectivity index (χ4n) is 0.547. The van der Waals surface area contributed by atoms with E-state index in [-0.39, 0.29) is 0 Å². The molecule has 5 N–H and O–H groups in total. The van der Waals surface area contributed by atoms with Gasteiger partial charge >= 0.3 is 5.97 Å². The standard InChI is InChI=1S/C5H12O4.C5H8O2/c6-1-5(2-7,3-8)4-9;1-4(2)3-5(6)7/h6-9H,1-4H2;3H,1-2H3,(H,6,7). The van der Waals surface area contributed by atoms with E-state index in [4.69, 9.17) is 25.5 Å². The van der Waals surface area contributed by atoms with Crippen LogP contribution in [0.2, 0.25) is 0 Å². The van der Waals surface area contributed by atoms with E-state index in [0.717, 1.165) is 5.57 Å². The molecule has 0 radical (unpaired) electrons. The lowest BCUT2D eigenvalue weighted by Crippen LogP contribution is -2.37. The molecule has 0 spiro atoms. The van der Waals surface area contributed by atoms with Gasteiger partial charge in [0.1, 0.15) is 0 Å². The Morgan fingerprint density at radius 1 is 1.00 bits per heavy atom. The van der Waals surface area contributed by atoms with Crippen LogP contribution in [0.15, 0.2) is 11.6 Å². The van der Waals surface area contributed by atoms with Gasteiger partial charge in [0.2, 0.25) is 0 Å². The van der Waals surface area contributed by atoms with Crippen molar-refractivity contribution in [2.75, 3.05) is 26.4 Å². The Balaban J connectivity index is 0. The molecule has 0 saturated carbocycles. The van der Waals surface area contributed by atoms with E-state index < -0.39 is 37.8 Å². The first-order chi connectivity index (χ1) is 7.37. The number of hydrogen-bond donors (Lipinski definition) is 5. The summed E-state index contributed by atoms with van der Waals surface area (Å²) in [7, 11) is 0. The molecule has 0 aliphatic heterocycles. The van der Waals surface area contributed by atoms with Gasteiger partial charge in [-0.1, -0.05) is 5.57 Å². The highest BCUT2D eigenvalue weighted by atomic mass is 16.4. The van der Waals surface area contributed by atoms with Crippen LogP contribution in [0.4, 0.5) is 0 Å². The summed E-state index contributed by atoms with van der Waals surface area (Å²) in [6.07, 6.45) is 1.17. The molecule has 0 aromatic rings. The minimum atomic E-state index is -1.11. The van der Waals surface area contributed by atoms with Crippen LogP contribution in [0.25, 0.3) is 0 Å². The molecule has 0 aliphatic carbocycles. The summed E-state index contributed by atoms with van der Waals surface area (Å²) in [6, 6.07) is 0. The van der Waals surface area contributed by atoms with E-state index in [9.17, 15) is 4.79 Å². The number of aliphatic hydroxyl groups excluding tert-OH is 4. The predicted octanol–water partition coefficient (Wildman–Crippen LogP) is -1.02. The highest BCUT2D eigenvalue weighted by Gasteiger charge is 2.26. The molecule has 0 atom stereocenters. The normalized spacial score (nSPS) is 10.1. The summed E-state index contributed by atoms with van der Waals surface area (Å²) < 4.78 is 0. The number of carbonyl (C=O) groups is 1. The maximum Gasteiger partial charge on any atom is 0.328 e. The van der Waals surface area contributed by atoms with Crippen LogP contribution in [-0.2, 0) is 4.79 Å². The van der Waals surface area contributed by atoms with Crippen molar-refractivity contribution in [1.29, 1.82) is 0 Å². The van der Waals surface area contributed by atoms with Crippen LogP contribution < -0.4 is 0 Å². The molecule has 0 fully saturated rings. The van der Waals surface area contributed by atoms with E-state index >= 15 is 0 Å². The SMILES string of the molecule is CC(C)=CC(=O)O.OCC(CO)(CO)CO. The summed E-state index contributed by atoms with van der Waals surface area (Å²) in [5, 5.41) is 42.0. The third kappa shape index (κ3) is 8.37. The Morgan fingerprint density at radius 2 is 1.31 bits per heavy atom. The van der Waals surface area contributed by atoms with Gasteiger partial charge in [-0.3, -0.25) is 0 Å². The van der Waals surface area contributed by atoms with Crippen LogP contribution in [0, 0.1) is 5.41 Å². The highest BCUT2D eigenvalue weighted by molar-refractivity contribution is 5.80. The fraction of sp³-hybridized carbons (Fsp3) is 0.700. The average Bonchev–Trinajstić information content (AvgIpc) is 2.21. The molecule has 6 nitrogen and oxygen atoms in total. The zero-order valence-electron chi connectivity index (χ0n) is 9.55. The van der Waals surface area contributed by atoms with Crippen LogP contribution in [0.1, 0.15) is 13.8 Å². The number of carboxylic acid groups (broad SMARTS) is 1. The van der Waals surface area contributed by atoms with Gasteiger partial charge < -0.3 is 25.5 Å². The first-order valence-electron chi connectivity index (χ1n) is 4.68. The maximum absolute atomic E-state index is 9.73. The molecule has 0 unspecified atom stereocenters. The van der Waals surface area contributed by atoms with Gasteiger partial charge in [0.05, 0.1) is 31.8 Å². The molecule has 0 rings (SSSR count). The van der Waals surface area contributed by atoms with Crippen molar-refractivity contribution in [3.05, 3.63) is 11.6 Å². The largest absolute Gasteiger partial charge is 0.478 e. The van der Waals surface area contributed by atoms with Gasteiger partial charge in [0.15, 0.2) is 0 Å². The van der Waals surface area contributed by atoms with Gasteiger partial charge in [-0.2, -0.15) is 0 Å². The topological polar surface area (TPSA) is 118 Å². The van der Waals surface area contributed by atoms with Crippen molar-refractivity contribution in [2.24, 2.45) is 5.41 Å². The summed E-state index contributed by atoms with van der Waals surface area (Å²) in [5.74, 6) is -0.875. The summed E-state index contributed by atoms with van der Waals surface area (Å²) in [4.78, 5) is 9.73. The van der Waals surface area contributed by atoms with Gasteiger partial charge in [-0.15, -0.1) is 0 Å².